The number of anilines is 1. The predicted molar refractivity (Wildman–Crippen MR) is 78.1 cm³/mol. The minimum absolute atomic E-state index is 0.317. The Morgan fingerprint density at radius 3 is 2.67 bits per heavy atom. The molecule has 2 rings (SSSR count). The van der Waals surface area contributed by atoms with Crippen LogP contribution in [-0.4, -0.2) is 12.5 Å². The Labute approximate surface area is 121 Å². The van der Waals surface area contributed by atoms with Crippen molar-refractivity contribution in [3.63, 3.8) is 0 Å². The summed E-state index contributed by atoms with van der Waals surface area (Å²) in [5.41, 5.74) is 6.70. The lowest BCUT2D eigenvalue weighted by molar-refractivity contribution is 0.102. The summed E-state index contributed by atoms with van der Waals surface area (Å²) in [5.74, 6) is -2.86. The normalized spacial score (nSPS) is 10.4. The van der Waals surface area contributed by atoms with E-state index in [0.717, 1.165) is 24.5 Å². The molecule has 0 atom stereocenters. The van der Waals surface area contributed by atoms with Crippen molar-refractivity contribution in [2.75, 3.05) is 11.9 Å². The lowest BCUT2D eigenvalue weighted by Gasteiger charge is -2.08. The molecular weight excluding hydrogens is 274 g/mol. The zero-order valence-electron chi connectivity index (χ0n) is 11.4. The first kappa shape index (κ1) is 15.1. The second-order valence-corrected chi connectivity index (χ2v) is 4.65. The molecule has 0 bridgehead atoms. The molecule has 0 spiro atoms. The Morgan fingerprint density at radius 1 is 1.14 bits per heavy atom. The van der Waals surface area contributed by atoms with Gasteiger partial charge in [-0.15, -0.1) is 0 Å². The highest BCUT2D eigenvalue weighted by Crippen LogP contribution is 2.16. The van der Waals surface area contributed by atoms with Crippen molar-refractivity contribution in [3.05, 3.63) is 65.2 Å². The lowest BCUT2D eigenvalue weighted by Crippen LogP contribution is -2.14. The standard InChI is InChI=1S/C16H16F2N2O/c17-14-8-2-7-13(15(14)18)16(21)20-12-6-1-4-11(10-12)5-3-9-19/h1-2,4,6-8,10H,3,5,9,19H2,(H,20,21). The maximum atomic E-state index is 13.6. The van der Waals surface area contributed by atoms with Crippen LogP contribution in [0.1, 0.15) is 22.3 Å². The number of nitrogens with two attached hydrogens (primary N) is 1. The van der Waals surface area contributed by atoms with Crippen LogP contribution < -0.4 is 11.1 Å². The fourth-order valence-electron chi connectivity index (χ4n) is 1.99. The highest BCUT2D eigenvalue weighted by molar-refractivity contribution is 6.04. The summed E-state index contributed by atoms with van der Waals surface area (Å²) in [4.78, 5) is 12.0. The number of hydrogen-bond donors (Lipinski definition) is 2. The van der Waals surface area contributed by atoms with Crippen LogP contribution in [0.2, 0.25) is 0 Å². The first-order chi connectivity index (χ1) is 10.1. The van der Waals surface area contributed by atoms with Gasteiger partial charge in [0.25, 0.3) is 5.91 Å². The van der Waals surface area contributed by atoms with Crippen LogP contribution in [0, 0.1) is 11.6 Å². The van der Waals surface area contributed by atoms with E-state index in [1.165, 1.54) is 12.1 Å². The van der Waals surface area contributed by atoms with Crippen molar-refractivity contribution in [3.8, 4) is 0 Å². The van der Waals surface area contributed by atoms with Gasteiger partial charge in [-0.2, -0.15) is 0 Å². The first-order valence-corrected chi connectivity index (χ1v) is 6.66. The van der Waals surface area contributed by atoms with Gasteiger partial charge in [-0.05, 0) is 49.2 Å². The summed E-state index contributed by atoms with van der Waals surface area (Å²) >= 11 is 0. The van der Waals surface area contributed by atoms with Crippen LogP contribution in [0.25, 0.3) is 0 Å². The second-order valence-electron chi connectivity index (χ2n) is 4.65. The van der Waals surface area contributed by atoms with E-state index in [-0.39, 0.29) is 5.56 Å². The lowest BCUT2D eigenvalue weighted by atomic mass is 10.1. The predicted octanol–water partition coefficient (Wildman–Crippen LogP) is 3.11. The largest absolute Gasteiger partial charge is 0.330 e. The zero-order chi connectivity index (χ0) is 15.2. The smallest absolute Gasteiger partial charge is 0.258 e. The minimum atomic E-state index is -1.14. The summed E-state index contributed by atoms with van der Waals surface area (Å²) < 4.78 is 26.7. The number of nitrogens with one attached hydrogen (secondary N) is 1. The molecule has 0 radical (unpaired) electrons. The molecule has 0 unspecified atom stereocenters. The number of benzene rings is 2. The van der Waals surface area contributed by atoms with Gasteiger partial charge in [0.2, 0.25) is 0 Å². The number of halogens is 2. The average Bonchev–Trinajstić information content (AvgIpc) is 2.48. The van der Waals surface area contributed by atoms with E-state index in [2.05, 4.69) is 5.32 Å². The summed E-state index contributed by atoms with van der Waals surface area (Å²) in [6, 6.07) is 10.7. The SMILES string of the molecule is NCCCc1cccc(NC(=O)c2cccc(F)c2F)c1. The monoisotopic (exact) mass is 290 g/mol. The fraction of sp³-hybridized carbons (Fsp3) is 0.188. The van der Waals surface area contributed by atoms with E-state index in [4.69, 9.17) is 5.73 Å². The molecule has 2 aromatic carbocycles. The quantitative estimate of drug-likeness (QED) is 0.889. The van der Waals surface area contributed by atoms with Gasteiger partial charge in [0.1, 0.15) is 0 Å². The Kier molecular flexibility index (Phi) is 5.00. The van der Waals surface area contributed by atoms with Gasteiger partial charge >= 0.3 is 0 Å². The van der Waals surface area contributed by atoms with E-state index in [9.17, 15) is 13.6 Å². The molecule has 2 aromatic rings. The molecule has 0 aliphatic rings. The van der Waals surface area contributed by atoms with E-state index in [0.29, 0.717) is 12.2 Å². The molecule has 0 heterocycles. The second kappa shape index (κ2) is 6.95. The summed E-state index contributed by atoms with van der Waals surface area (Å²) in [7, 11) is 0. The summed E-state index contributed by atoms with van der Waals surface area (Å²) in [5, 5.41) is 2.57. The molecule has 0 aliphatic carbocycles. The fourth-order valence-corrected chi connectivity index (χ4v) is 1.99. The average molecular weight is 290 g/mol. The third-order valence-corrected chi connectivity index (χ3v) is 3.05. The highest BCUT2D eigenvalue weighted by Gasteiger charge is 2.15. The van der Waals surface area contributed by atoms with Gasteiger partial charge in [-0.3, -0.25) is 4.79 Å². The summed E-state index contributed by atoms with van der Waals surface area (Å²) in [6.45, 7) is 0.588. The van der Waals surface area contributed by atoms with Crippen molar-refractivity contribution in [2.45, 2.75) is 12.8 Å². The van der Waals surface area contributed by atoms with Crippen LogP contribution >= 0.6 is 0 Å². The van der Waals surface area contributed by atoms with Crippen LogP contribution in [0.5, 0.6) is 0 Å². The maximum Gasteiger partial charge on any atom is 0.258 e. The Balaban J connectivity index is 2.14. The van der Waals surface area contributed by atoms with Crippen LogP contribution in [-0.2, 0) is 6.42 Å². The molecule has 1 amide bonds. The molecule has 0 aromatic heterocycles. The topological polar surface area (TPSA) is 55.1 Å². The Hall–Kier alpha value is -2.27. The van der Waals surface area contributed by atoms with Crippen molar-refractivity contribution in [2.24, 2.45) is 5.73 Å². The van der Waals surface area contributed by atoms with Crippen molar-refractivity contribution in [1.82, 2.24) is 0 Å². The van der Waals surface area contributed by atoms with Crippen LogP contribution in [0.3, 0.4) is 0 Å². The molecule has 0 saturated carbocycles. The van der Waals surface area contributed by atoms with E-state index in [1.54, 1.807) is 18.2 Å². The number of aryl methyl sites for hydroxylation is 1. The Morgan fingerprint density at radius 2 is 1.90 bits per heavy atom. The molecule has 0 saturated heterocycles. The molecule has 5 heteroatoms. The number of rotatable bonds is 5. The molecule has 0 fully saturated rings. The summed E-state index contributed by atoms with van der Waals surface area (Å²) in [6.07, 6.45) is 1.64. The van der Waals surface area contributed by atoms with Gasteiger partial charge in [-0.25, -0.2) is 8.78 Å². The third-order valence-electron chi connectivity index (χ3n) is 3.05. The maximum absolute atomic E-state index is 13.6. The van der Waals surface area contributed by atoms with Crippen LogP contribution in [0.15, 0.2) is 42.5 Å². The van der Waals surface area contributed by atoms with E-state index < -0.39 is 17.5 Å². The third kappa shape index (κ3) is 3.86. The molecule has 3 nitrogen and oxygen atoms in total. The minimum Gasteiger partial charge on any atom is -0.330 e. The molecule has 110 valence electrons. The molecule has 0 aliphatic heterocycles. The zero-order valence-corrected chi connectivity index (χ0v) is 11.4. The number of hydrogen-bond acceptors (Lipinski definition) is 2. The highest BCUT2D eigenvalue weighted by atomic mass is 19.2. The van der Waals surface area contributed by atoms with Gasteiger partial charge in [0.15, 0.2) is 11.6 Å². The van der Waals surface area contributed by atoms with Crippen molar-refractivity contribution < 1.29 is 13.6 Å². The Bertz CT molecular complexity index is 644. The molecular formula is C16H16F2N2O. The number of carbonyl (C=O) groups excluding carboxylic acids is 1. The van der Waals surface area contributed by atoms with Crippen molar-refractivity contribution >= 4 is 11.6 Å². The molecule has 21 heavy (non-hydrogen) atoms. The number of amides is 1. The van der Waals surface area contributed by atoms with Gasteiger partial charge in [0, 0.05) is 5.69 Å². The number of carbonyl (C=O) groups is 1. The van der Waals surface area contributed by atoms with Gasteiger partial charge < -0.3 is 11.1 Å². The first-order valence-electron chi connectivity index (χ1n) is 6.66. The van der Waals surface area contributed by atoms with E-state index in [1.807, 2.05) is 6.07 Å². The van der Waals surface area contributed by atoms with Gasteiger partial charge in [0.05, 0.1) is 5.56 Å². The molecule has 3 N–H and O–H groups in total. The van der Waals surface area contributed by atoms with Crippen molar-refractivity contribution in [1.29, 1.82) is 0 Å². The van der Waals surface area contributed by atoms with Gasteiger partial charge in [-0.1, -0.05) is 18.2 Å². The van der Waals surface area contributed by atoms with Crippen LogP contribution in [0.4, 0.5) is 14.5 Å². The van der Waals surface area contributed by atoms with E-state index >= 15 is 0 Å².